The van der Waals surface area contributed by atoms with E-state index in [2.05, 4.69) is 118 Å². The van der Waals surface area contributed by atoms with Crippen LogP contribution in [-0.2, 0) is 6.54 Å². The van der Waals surface area contributed by atoms with Crippen LogP contribution < -0.4 is 15.0 Å². The summed E-state index contributed by atoms with van der Waals surface area (Å²) in [5.41, 5.74) is 7.82. The molecule has 2 heterocycles. The van der Waals surface area contributed by atoms with Gasteiger partial charge in [-0.15, -0.1) is 6.58 Å². The van der Waals surface area contributed by atoms with Gasteiger partial charge in [-0.25, -0.2) is 4.98 Å². The van der Waals surface area contributed by atoms with Crippen LogP contribution in [0.15, 0.2) is 146 Å². The molecule has 5 aromatic carbocycles. The first-order valence-electron chi connectivity index (χ1n) is 14.3. The normalized spacial score (nSPS) is 14.8. The molecule has 1 N–H and O–H groups in total. The number of rotatable bonds is 9. The van der Waals surface area contributed by atoms with Gasteiger partial charge in [0, 0.05) is 18.5 Å². The lowest BCUT2D eigenvalue weighted by atomic mass is 10.1. The predicted molar refractivity (Wildman–Crippen MR) is 172 cm³/mol. The third kappa shape index (κ3) is 4.90. The number of para-hydroxylation sites is 4. The molecule has 1 aromatic heterocycles. The summed E-state index contributed by atoms with van der Waals surface area (Å²) in [5, 5.41) is 3.73. The van der Waals surface area contributed by atoms with Gasteiger partial charge in [0.15, 0.2) is 6.23 Å². The van der Waals surface area contributed by atoms with Gasteiger partial charge in [-0.3, -0.25) is 4.57 Å². The van der Waals surface area contributed by atoms with Gasteiger partial charge < -0.3 is 15.0 Å². The van der Waals surface area contributed by atoms with Crippen LogP contribution in [0.1, 0.15) is 29.9 Å². The smallest absolute Gasteiger partial charge is 0.181 e. The van der Waals surface area contributed by atoms with Crippen LogP contribution >= 0.6 is 0 Å². The number of fused-ring (bicyclic) bond motifs is 2. The molecule has 5 heteroatoms. The summed E-state index contributed by atoms with van der Waals surface area (Å²) < 4.78 is 8.88. The van der Waals surface area contributed by atoms with Crippen LogP contribution in [0.3, 0.4) is 0 Å². The molecule has 1 aliphatic heterocycles. The lowest BCUT2D eigenvalue weighted by molar-refractivity contribution is 0.141. The van der Waals surface area contributed by atoms with Crippen molar-refractivity contribution in [1.82, 2.24) is 9.55 Å². The highest BCUT2D eigenvalue weighted by molar-refractivity contribution is 5.81. The third-order valence-electron chi connectivity index (χ3n) is 7.77. The standard InChI is InChI=1S/C37H32N4O/c1-2-13-35(41-34-21-12-10-19-32(34)39-37(41)28-16-7-4-8-17-28)42-30-24-22-29(23-25-30)36-38-31-18-9-11-20-33(31)40(36)26-27-14-5-3-6-15-27/h2-12,14-25,35-36,38H,1,13,26H2. The van der Waals surface area contributed by atoms with Gasteiger partial charge in [0.2, 0.25) is 0 Å². The first-order chi connectivity index (χ1) is 20.8. The van der Waals surface area contributed by atoms with Crippen LogP contribution in [0, 0.1) is 0 Å². The summed E-state index contributed by atoms with van der Waals surface area (Å²) in [6.45, 7) is 4.85. The van der Waals surface area contributed by atoms with Crippen molar-refractivity contribution in [1.29, 1.82) is 0 Å². The van der Waals surface area contributed by atoms with Gasteiger partial charge in [-0.05, 0) is 47.5 Å². The first kappa shape index (κ1) is 25.7. The molecule has 206 valence electrons. The van der Waals surface area contributed by atoms with Crippen molar-refractivity contribution in [3.63, 3.8) is 0 Å². The second kappa shape index (κ2) is 11.3. The molecule has 2 atom stereocenters. The van der Waals surface area contributed by atoms with Crippen molar-refractivity contribution in [2.24, 2.45) is 0 Å². The van der Waals surface area contributed by atoms with Crippen molar-refractivity contribution in [3.8, 4) is 17.1 Å². The SMILES string of the molecule is C=CCC(Oc1ccc(C2Nc3ccccc3N2Cc2ccccc2)cc1)n1c(-c2ccccc2)nc2ccccc21. The van der Waals surface area contributed by atoms with Crippen LogP contribution in [0.25, 0.3) is 22.4 Å². The third-order valence-corrected chi connectivity index (χ3v) is 7.77. The van der Waals surface area contributed by atoms with Gasteiger partial charge in [-0.1, -0.05) is 103 Å². The Morgan fingerprint density at radius 3 is 2.26 bits per heavy atom. The van der Waals surface area contributed by atoms with E-state index >= 15 is 0 Å². The van der Waals surface area contributed by atoms with E-state index in [1.165, 1.54) is 16.8 Å². The van der Waals surface area contributed by atoms with E-state index < -0.39 is 0 Å². The number of hydrogen-bond donors (Lipinski definition) is 1. The van der Waals surface area contributed by atoms with Gasteiger partial charge in [0.25, 0.3) is 0 Å². The summed E-state index contributed by atoms with van der Waals surface area (Å²) in [5.74, 6) is 1.68. The Kier molecular flexibility index (Phi) is 6.90. The average Bonchev–Trinajstić information content (AvgIpc) is 3.61. The van der Waals surface area contributed by atoms with Crippen molar-refractivity contribution in [2.45, 2.75) is 25.4 Å². The minimum Gasteiger partial charge on any atom is -0.470 e. The molecule has 0 saturated carbocycles. The van der Waals surface area contributed by atoms with E-state index in [0.717, 1.165) is 40.4 Å². The summed E-state index contributed by atoms with van der Waals surface area (Å²) in [4.78, 5) is 7.41. The Morgan fingerprint density at radius 1 is 0.786 bits per heavy atom. The Labute approximate surface area is 246 Å². The van der Waals surface area contributed by atoms with Crippen LogP contribution in [0.5, 0.6) is 5.75 Å². The fourth-order valence-electron chi connectivity index (χ4n) is 5.79. The van der Waals surface area contributed by atoms with Gasteiger partial charge in [0.1, 0.15) is 17.7 Å². The Morgan fingerprint density at radius 2 is 1.48 bits per heavy atom. The van der Waals surface area contributed by atoms with Gasteiger partial charge in [-0.2, -0.15) is 0 Å². The number of aromatic nitrogens is 2. The molecule has 0 aliphatic carbocycles. The largest absolute Gasteiger partial charge is 0.470 e. The maximum atomic E-state index is 6.69. The van der Waals surface area contributed by atoms with E-state index in [9.17, 15) is 0 Å². The molecule has 0 amide bonds. The molecule has 0 fully saturated rings. The molecule has 0 saturated heterocycles. The summed E-state index contributed by atoms with van der Waals surface area (Å²) in [6, 6.07) is 46.1. The van der Waals surface area contributed by atoms with E-state index in [0.29, 0.717) is 6.42 Å². The zero-order valence-corrected chi connectivity index (χ0v) is 23.3. The van der Waals surface area contributed by atoms with Crippen molar-refractivity contribution in [2.75, 3.05) is 10.2 Å². The summed E-state index contributed by atoms with van der Waals surface area (Å²) in [7, 11) is 0. The number of anilines is 2. The fourth-order valence-corrected chi connectivity index (χ4v) is 5.79. The van der Waals surface area contributed by atoms with E-state index in [1.807, 2.05) is 42.5 Å². The van der Waals surface area contributed by atoms with Crippen LogP contribution in [0.4, 0.5) is 11.4 Å². The zero-order chi connectivity index (χ0) is 28.3. The highest BCUT2D eigenvalue weighted by Crippen LogP contribution is 2.42. The minimum atomic E-state index is -0.306. The number of nitrogens with zero attached hydrogens (tertiary/aromatic N) is 3. The van der Waals surface area contributed by atoms with Crippen molar-refractivity contribution >= 4 is 22.4 Å². The van der Waals surface area contributed by atoms with E-state index in [-0.39, 0.29) is 12.4 Å². The van der Waals surface area contributed by atoms with Crippen molar-refractivity contribution < 1.29 is 4.74 Å². The van der Waals surface area contributed by atoms with Crippen LogP contribution in [0.2, 0.25) is 0 Å². The number of imidazole rings is 1. The number of nitrogens with one attached hydrogen (secondary N) is 1. The molecular weight excluding hydrogens is 516 g/mol. The lowest BCUT2D eigenvalue weighted by Gasteiger charge is -2.28. The van der Waals surface area contributed by atoms with E-state index in [1.54, 1.807) is 0 Å². The maximum absolute atomic E-state index is 6.69. The predicted octanol–water partition coefficient (Wildman–Crippen LogP) is 8.99. The Hall–Kier alpha value is -5.29. The molecule has 6 aromatic rings. The molecule has 0 spiro atoms. The van der Waals surface area contributed by atoms with Crippen molar-refractivity contribution in [3.05, 3.63) is 157 Å². The Bertz CT molecular complexity index is 1810. The molecule has 0 bridgehead atoms. The average molecular weight is 549 g/mol. The molecule has 7 rings (SSSR count). The topological polar surface area (TPSA) is 42.3 Å². The highest BCUT2D eigenvalue weighted by Gasteiger charge is 2.30. The zero-order valence-electron chi connectivity index (χ0n) is 23.3. The summed E-state index contributed by atoms with van der Waals surface area (Å²) in [6.07, 6.45) is 2.25. The molecule has 42 heavy (non-hydrogen) atoms. The monoisotopic (exact) mass is 548 g/mol. The molecule has 5 nitrogen and oxygen atoms in total. The van der Waals surface area contributed by atoms with Gasteiger partial charge in [0.05, 0.1) is 22.4 Å². The molecule has 0 radical (unpaired) electrons. The number of ether oxygens (including phenoxy) is 1. The minimum absolute atomic E-state index is 0.0166. The van der Waals surface area contributed by atoms with E-state index in [4.69, 9.17) is 9.72 Å². The second-order valence-electron chi connectivity index (χ2n) is 10.5. The van der Waals surface area contributed by atoms with Crippen LogP contribution in [-0.4, -0.2) is 9.55 Å². The number of benzene rings is 5. The highest BCUT2D eigenvalue weighted by atomic mass is 16.5. The molecule has 2 unspecified atom stereocenters. The lowest BCUT2D eigenvalue weighted by Crippen LogP contribution is -2.27. The summed E-state index contributed by atoms with van der Waals surface area (Å²) >= 11 is 0. The maximum Gasteiger partial charge on any atom is 0.181 e. The number of hydrogen-bond acceptors (Lipinski definition) is 4. The molecule has 1 aliphatic rings. The first-order valence-corrected chi connectivity index (χ1v) is 14.3. The Balaban J connectivity index is 1.19. The second-order valence-corrected chi connectivity index (χ2v) is 10.5. The fraction of sp³-hybridized carbons (Fsp3) is 0.108. The molecular formula is C37H32N4O. The quantitative estimate of drug-likeness (QED) is 0.183. The van der Waals surface area contributed by atoms with Gasteiger partial charge >= 0.3 is 0 Å².